The zero-order valence-electron chi connectivity index (χ0n) is 19.7. The molecule has 0 saturated heterocycles. The van der Waals surface area contributed by atoms with Gasteiger partial charge >= 0.3 is 12.2 Å². The Morgan fingerprint density at radius 1 is 0.719 bits per heavy atom. The van der Waals surface area contributed by atoms with Gasteiger partial charge in [0.2, 0.25) is 5.91 Å². The minimum atomic E-state index is -1.72. The third-order valence-electron chi connectivity index (χ3n) is 3.51. The standard InChI is InChI=1S/C20H38N4O8/c1-19(2,3)31-17(29)23-11-9-21-14(26)8-7-13(25)15(27)16(28)22-10-12-24-18(30)32-20(4,5)6/h13,15,25,27H,7-12H2,1-6H3,(H,21,26)(H,22,28)(H,23,29)(H,24,30). The van der Waals surface area contributed by atoms with E-state index in [2.05, 4.69) is 21.3 Å². The number of carbonyl (C=O) groups is 4. The molecule has 2 atom stereocenters. The van der Waals surface area contributed by atoms with E-state index in [1.807, 2.05) is 0 Å². The van der Waals surface area contributed by atoms with Crippen LogP contribution in [0.4, 0.5) is 9.59 Å². The number of alkyl carbamates (subject to hydrolysis) is 2. The molecule has 0 aliphatic heterocycles. The summed E-state index contributed by atoms with van der Waals surface area (Å²) in [6.07, 6.45) is -4.68. The molecule has 0 aliphatic rings. The van der Waals surface area contributed by atoms with Crippen LogP contribution in [0.5, 0.6) is 0 Å². The van der Waals surface area contributed by atoms with Crippen molar-refractivity contribution < 1.29 is 38.9 Å². The number of aliphatic hydroxyl groups is 2. The van der Waals surface area contributed by atoms with Gasteiger partial charge in [0, 0.05) is 32.6 Å². The molecule has 2 unspecified atom stereocenters. The van der Waals surface area contributed by atoms with Crippen molar-refractivity contribution in [3.05, 3.63) is 0 Å². The van der Waals surface area contributed by atoms with Crippen LogP contribution in [0.15, 0.2) is 0 Å². The molecule has 0 rings (SSSR count). The van der Waals surface area contributed by atoms with Crippen molar-refractivity contribution in [1.29, 1.82) is 0 Å². The molecule has 12 heteroatoms. The summed E-state index contributed by atoms with van der Waals surface area (Å²) in [5.74, 6) is -1.24. The van der Waals surface area contributed by atoms with Crippen molar-refractivity contribution in [3.8, 4) is 0 Å². The average Bonchev–Trinajstić information content (AvgIpc) is 2.63. The second kappa shape index (κ2) is 13.7. The van der Waals surface area contributed by atoms with Crippen LogP contribution >= 0.6 is 0 Å². The van der Waals surface area contributed by atoms with Crippen LogP contribution in [0.1, 0.15) is 54.4 Å². The molecule has 4 amide bonds. The van der Waals surface area contributed by atoms with Crippen LogP contribution in [-0.4, -0.2) is 83.8 Å². The molecule has 186 valence electrons. The quantitative estimate of drug-likeness (QED) is 0.228. The largest absolute Gasteiger partial charge is 0.444 e. The summed E-state index contributed by atoms with van der Waals surface area (Å²) >= 11 is 0. The maximum Gasteiger partial charge on any atom is 0.407 e. The van der Waals surface area contributed by atoms with E-state index in [0.29, 0.717) is 0 Å². The third-order valence-corrected chi connectivity index (χ3v) is 3.51. The highest BCUT2D eigenvalue weighted by Gasteiger charge is 2.24. The number of nitrogens with one attached hydrogen (secondary N) is 4. The lowest BCUT2D eigenvalue weighted by Crippen LogP contribution is -2.45. The number of rotatable bonds is 11. The number of hydrogen-bond acceptors (Lipinski definition) is 8. The average molecular weight is 463 g/mol. The number of ether oxygens (including phenoxy) is 2. The summed E-state index contributed by atoms with van der Waals surface area (Å²) < 4.78 is 10.1. The summed E-state index contributed by atoms with van der Waals surface area (Å²) in [6, 6.07) is 0. The van der Waals surface area contributed by atoms with Crippen molar-refractivity contribution in [2.75, 3.05) is 26.2 Å². The van der Waals surface area contributed by atoms with Gasteiger partial charge in [-0.1, -0.05) is 0 Å². The van der Waals surface area contributed by atoms with Gasteiger partial charge in [0.25, 0.3) is 5.91 Å². The first-order chi connectivity index (χ1) is 14.6. The van der Waals surface area contributed by atoms with Gasteiger partial charge in [0.15, 0.2) is 6.10 Å². The molecular formula is C20H38N4O8. The predicted octanol–water partition coefficient (Wildman–Crippen LogP) is -0.230. The van der Waals surface area contributed by atoms with Crippen LogP contribution in [0, 0.1) is 0 Å². The van der Waals surface area contributed by atoms with E-state index in [0.717, 1.165) is 0 Å². The summed E-state index contributed by atoms with van der Waals surface area (Å²) in [4.78, 5) is 46.6. The molecule has 12 nitrogen and oxygen atoms in total. The van der Waals surface area contributed by atoms with Crippen LogP contribution in [0.2, 0.25) is 0 Å². The number of aliphatic hydroxyl groups excluding tert-OH is 2. The molecule has 0 saturated carbocycles. The minimum Gasteiger partial charge on any atom is -0.444 e. The fraction of sp³-hybridized carbons (Fsp3) is 0.800. The fourth-order valence-electron chi connectivity index (χ4n) is 2.15. The van der Waals surface area contributed by atoms with Gasteiger partial charge in [0.05, 0.1) is 6.10 Å². The van der Waals surface area contributed by atoms with Crippen molar-refractivity contribution in [3.63, 3.8) is 0 Å². The highest BCUT2D eigenvalue weighted by atomic mass is 16.6. The smallest absolute Gasteiger partial charge is 0.407 e. The minimum absolute atomic E-state index is 0.0208. The lowest BCUT2D eigenvalue weighted by atomic mass is 10.1. The summed E-state index contributed by atoms with van der Waals surface area (Å²) in [6.45, 7) is 10.7. The van der Waals surface area contributed by atoms with E-state index in [1.54, 1.807) is 41.5 Å². The molecule has 0 heterocycles. The summed E-state index contributed by atoms with van der Waals surface area (Å²) in [7, 11) is 0. The van der Waals surface area contributed by atoms with Crippen molar-refractivity contribution in [1.82, 2.24) is 21.3 Å². The summed E-state index contributed by atoms with van der Waals surface area (Å²) in [5.41, 5.74) is -1.26. The molecule has 0 aromatic heterocycles. The number of hydrogen-bond donors (Lipinski definition) is 6. The Balaban J connectivity index is 4.00. The molecular weight excluding hydrogens is 424 g/mol. The topological polar surface area (TPSA) is 175 Å². The van der Waals surface area contributed by atoms with Crippen molar-refractivity contribution in [2.24, 2.45) is 0 Å². The molecule has 0 aromatic carbocycles. The molecule has 0 spiro atoms. The Morgan fingerprint density at radius 3 is 1.56 bits per heavy atom. The fourth-order valence-corrected chi connectivity index (χ4v) is 2.15. The first-order valence-electron chi connectivity index (χ1n) is 10.4. The first kappa shape index (κ1) is 29.4. The molecule has 0 bridgehead atoms. The van der Waals surface area contributed by atoms with Crippen LogP contribution < -0.4 is 21.3 Å². The van der Waals surface area contributed by atoms with Crippen molar-refractivity contribution >= 4 is 24.0 Å². The van der Waals surface area contributed by atoms with Crippen LogP contribution in [0.25, 0.3) is 0 Å². The maximum atomic E-state index is 11.9. The van der Waals surface area contributed by atoms with Crippen LogP contribution in [-0.2, 0) is 19.1 Å². The lowest BCUT2D eigenvalue weighted by molar-refractivity contribution is -0.136. The van der Waals surface area contributed by atoms with Crippen molar-refractivity contribution in [2.45, 2.75) is 77.8 Å². The second-order valence-corrected chi connectivity index (χ2v) is 9.05. The Labute approximate surface area is 188 Å². The highest BCUT2D eigenvalue weighted by Crippen LogP contribution is 2.07. The van der Waals surface area contributed by atoms with Gasteiger partial charge in [-0.05, 0) is 48.0 Å². The molecule has 0 fully saturated rings. The monoisotopic (exact) mass is 462 g/mol. The van der Waals surface area contributed by atoms with E-state index < -0.39 is 47.4 Å². The maximum absolute atomic E-state index is 11.9. The highest BCUT2D eigenvalue weighted by molar-refractivity contribution is 5.81. The van der Waals surface area contributed by atoms with Gasteiger partial charge in [-0.25, -0.2) is 9.59 Å². The molecule has 0 aromatic rings. The van der Waals surface area contributed by atoms with Gasteiger partial charge in [-0.3, -0.25) is 9.59 Å². The Bertz CT molecular complexity index is 628. The summed E-state index contributed by atoms with van der Waals surface area (Å²) in [5, 5.41) is 29.6. The predicted molar refractivity (Wildman–Crippen MR) is 116 cm³/mol. The number of amides is 4. The zero-order valence-corrected chi connectivity index (χ0v) is 19.7. The van der Waals surface area contributed by atoms with Gasteiger partial charge < -0.3 is 41.0 Å². The third kappa shape index (κ3) is 16.1. The van der Waals surface area contributed by atoms with Gasteiger partial charge in [-0.2, -0.15) is 0 Å². The Hall–Kier alpha value is -2.60. The van der Waals surface area contributed by atoms with E-state index in [9.17, 15) is 29.4 Å². The second-order valence-electron chi connectivity index (χ2n) is 9.05. The van der Waals surface area contributed by atoms with Gasteiger partial charge in [-0.15, -0.1) is 0 Å². The van der Waals surface area contributed by atoms with E-state index in [4.69, 9.17) is 9.47 Å². The molecule has 6 N–H and O–H groups in total. The Kier molecular flexibility index (Phi) is 12.6. The first-order valence-corrected chi connectivity index (χ1v) is 10.4. The van der Waals surface area contributed by atoms with Gasteiger partial charge in [0.1, 0.15) is 11.2 Å². The zero-order chi connectivity index (χ0) is 24.9. The molecule has 0 aliphatic carbocycles. The van der Waals surface area contributed by atoms with E-state index in [-0.39, 0.29) is 39.0 Å². The molecule has 0 radical (unpaired) electrons. The lowest BCUT2D eigenvalue weighted by Gasteiger charge is -2.20. The van der Waals surface area contributed by atoms with E-state index in [1.165, 1.54) is 0 Å². The SMILES string of the molecule is CC(C)(C)OC(=O)NCCNC(=O)CCC(O)C(O)C(=O)NCCNC(=O)OC(C)(C)C. The normalized spacial score (nSPS) is 13.4. The Morgan fingerprint density at radius 2 is 1.12 bits per heavy atom. The number of carbonyl (C=O) groups excluding carboxylic acids is 4. The van der Waals surface area contributed by atoms with E-state index >= 15 is 0 Å². The molecule has 32 heavy (non-hydrogen) atoms. The van der Waals surface area contributed by atoms with Crippen LogP contribution in [0.3, 0.4) is 0 Å².